The minimum Gasteiger partial charge on any atom is -0.317 e. The predicted molar refractivity (Wildman–Crippen MR) is 133 cm³/mol. The van der Waals surface area contributed by atoms with Crippen molar-refractivity contribution in [3.05, 3.63) is 71.1 Å². The maximum atomic E-state index is 12.8. The minimum absolute atomic E-state index is 0.0677. The van der Waals surface area contributed by atoms with E-state index in [1.807, 2.05) is 39.0 Å². The first-order valence-electron chi connectivity index (χ1n) is 10.5. The van der Waals surface area contributed by atoms with Gasteiger partial charge in [-0.2, -0.15) is 15.1 Å². The second-order valence-electron chi connectivity index (χ2n) is 8.27. The number of benzene rings is 2. The van der Waals surface area contributed by atoms with Crippen LogP contribution >= 0.6 is 11.8 Å². The van der Waals surface area contributed by atoms with Gasteiger partial charge in [-0.3, -0.25) is 10.2 Å². The number of thioether (sulfide) groups is 1. The summed E-state index contributed by atoms with van der Waals surface area (Å²) in [6.45, 7) is 8.16. The molecule has 32 heavy (non-hydrogen) atoms. The van der Waals surface area contributed by atoms with Crippen LogP contribution in [-0.4, -0.2) is 31.5 Å². The highest BCUT2D eigenvalue weighted by Crippen LogP contribution is 2.32. The zero-order valence-corrected chi connectivity index (χ0v) is 19.2. The average Bonchev–Trinajstić information content (AvgIpc) is 3.32. The highest BCUT2D eigenvalue weighted by molar-refractivity contribution is 8.27. The zero-order chi connectivity index (χ0) is 22.6. The van der Waals surface area contributed by atoms with E-state index in [9.17, 15) is 4.79 Å². The van der Waals surface area contributed by atoms with E-state index in [1.165, 1.54) is 22.2 Å². The van der Waals surface area contributed by atoms with E-state index in [1.54, 1.807) is 6.08 Å². The van der Waals surface area contributed by atoms with Crippen LogP contribution < -0.4 is 0 Å². The van der Waals surface area contributed by atoms with Crippen LogP contribution in [0.3, 0.4) is 0 Å². The number of nitrogens with one attached hydrogen (secondary N) is 1. The average molecular weight is 442 g/mol. The van der Waals surface area contributed by atoms with Crippen molar-refractivity contribution in [3.8, 4) is 5.69 Å². The molecule has 160 valence electrons. The van der Waals surface area contributed by atoms with Gasteiger partial charge < -0.3 is 4.57 Å². The molecular formula is C25H23N5OS. The molecule has 0 saturated carbocycles. The predicted octanol–water partition coefficient (Wildman–Crippen LogP) is 5.52. The van der Waals surface area contributed by atoms with E-state index >= 15 is 0 Å². The molecule has 1 aromatic heterocycles. The quantitative estimate of drug-likeness (QED) is 0.544. The van der Waals surface area contributed by atoms with Gasteiger partial charge in [0.2, 0.25) is 5.17 Å². The Hall–Kier alpha value is -3.45. The van der Waals surface area contributed by atoms with Gasteiger partial charge >= 0.3 is 0 Å². The zero-order valence-electron chi connectivity index (χ0n) is 18.4. The molecule has 0 fully saturated rings. The van der Waals surface area contributed by atoms with Crippen molar-refractivity contribution >= 4 is 50.6 Å². The van der Waals surface area contributed by atoms with Crippen LogP contribution in [-0.2, 0) is 4.79 Å². The molecule has 1 N–H and O–H groups in total. The Kier molecular flexibility index (Phi) is 4.86. The molecular weight excluding hydrogens is 418 g/mol. The number of amides is 1. The molecule has 0 radical (unpaired) electrons. The summed E-state index contributed by atoms with van der Waals surface area (Å²) in [5, 5.41) is 18.2. The van der Waals surface area contributed by atoms with Gasteiger partial charge in [-0.1, -0.05) is 50.2 Å². The third kappa shape index (κ3) is 3.20. The Balaban J connectivity index is 1.59. The lowest BCUT2D eigenvalue weighted by Gasteiger charge is -2.20. The van der Waals surface area contributed by atoms with Crippen molar-refractivity contribution in [2.45, 2.75) is 27.7 Å². The van der Waals surface area contributed by atoms with E-state index < -0.39 is 5.91 Å². The Labute approximate surface area is 190 Å². The molecule has 5 rings (SSSR count). The molecule has 6 nitrogen and oxygen atoms in total. The molecule has 3 heterocycles. The normalized spacial score (nSPS) is 17.4. The fourth-order valence-corrected chi connectivity index (χ4v) is 5.00. The molecule has 2 aliphatic heterocycles. The van der Waals surface area contributed by atoms with E-state index in [4.69, 9.17) is 5.41 Å². The molecule has 0 aliphatic carbocycles. The van der Waals surface area contributed by atoms with Gasteiger partial charge in [0.1, 0.15) is 5.04 Å². The summed E-state index contributed by atoms with van der Waals surface area (Å²) in [7, 11) is 0. The largest absolute Gasteiger partial charge is 0.317 e. The van der Waals surface area contributed by atoms with Crippen LogP contribution in [0.4, 0.5) is 0 Å². The summed E-state index contributed by atoms with van der Waals surface area (Å²) in [6.07, 6.45) is 1.77. The van der Waals surface area contributed by atoms with Crippen LogP contribution in [0.1, 0.15) is 30.8 Å². The number of hydrazone groups is 1. The van der Waals surface area contributed by atoms with Crippen molar-refractivity contribution in [3.63, 3.8) is 0 Å². The molecule has 0 bridgehead atoms. The number of amidine groups is 2. The van der Waals surface area contributed by atoms with Gasteiger partial charge in [-0.05, 0) is 54.8 Å². The summed E-state index contributed by atoms with van der Waals surface area (Å²) >= 11 is 1.36. The molecule has 1 amide bonds. The molecule has 0 atom stereocenters. The molecule has 0 saturated heterocycles. The van der Waals surface area contributed by atoms with Gasteiger partial charge in [0.15, 0.2) is 5.84 Å². The van der Waals surface area contributed by atoms with E-state index in [0.29, 0.717) is 5.17 Å². The van der Waals surface area contributed by atoms with Gasteiger partial charge in [-0.25, -0.2) is 0 Å². The SMILES string of the molecule is Cc1cc(C=C2C(=N)N3N=C(C(C)C)SC3=NC2=O)c(C)n1-c1cccc2ccccc12. The summed E-state index contributed by atoms with van der Waals surface area (Å²) < 4.78 is 2.20. The molecule has 2 aromatic carbocycles. The lowest BCUT2D eigenvalue weighted by molar-refractivity contribution is -0.114. The number of fused-ring (bicyclic) bond motifs is 2. The number of hydrogen-bond donors (Lipinski definition) is 1. The number of carbonyl (C=O) groups excluding carboxylic acids is 1. The standard InChI is InChI=1S/C25H23N5OS/c1-14(2)24-28-30-22(26)20(23(31)27-25(30)32-24)13-18-12-15(3)29(16(18)4)21-11-7-9-17-8-5-6-10-19(17)21/h5-14,26H,1-4H3. The van der Waals surface area contributed by atoms with Crippen molar-refractivity contribution in [1.29, 1.82) is 5.41 Å². The number of hydrogen-bond acceptors (Lipinski definition) is 4. The van der Waals surface area contributed by atoms with Crippen LogP contribution in [0, 0.1) is 25.2 Å². The topological polar surface area (TPSA) is 73.8 Å². The van der Waals surface area contributed by atoms with Gasteiger partial charge in [0.05, 0.1) is 11.3 Å². The number of aryl methyl sites for hydroxylation is 1. The third-order valence-corrected chi connectivity index (χ3v) is 6.95. The first-order valence-corrected chi connectivity index (χ1v) is 11.3. The Morgan fingerprint density at radius 2 is 1.84 bits per heavy atom. The second-order valence-corrected chi connectivity index (χ2v) is 9.26. The van der Waals surface area contributed by atoms with Gasteiger partial charge in [-0.15, -0.1) is 0 Å². The fraction of sp³-hybridized carbons (Fsp3) is 0.200. The fourth-order valence-electron chi connectivity index (χ4n) is 4.10. The monoisotopic (exact) mass is 441 g/mol. The number of aliphatic imine (C=N–C) groups is 1. The summed E-state index contributed by atoms with van der Waals surface area (Å²) in [5.74, 6) is -0.120. The van der Waals surface area contributed by atoms with Crippen LogP contribution in [0.15, 0.2) is 64.2 Å². The minimum atomic E-state index is -0.399. The molecule has 2 aliphatic rings. The highest BCUT2D eigenvalue weighted by atomic mass is 32.2. The maximum absolute atomic E-state index is 12.8. The first kappa shape index (κ1) is 20.5. The van der Waals surface area contributed by atoms with Crippen molar-refractivity contribution in [2.75, 3.05) is 0 Å². The Morgan fingerprint density at radius 3 is 2.62 bits per heavy atom. The maximum Gasteiger partial charge on any atom is 0.283 e. The number of nitrogens with zero attached hydrogens (tertiary/aromatic N) is 4. The van der Waals surface area contributed by atoms with E-state index in [-0.39, 0.29) is 17.3 Å². The van der Waals surface area contributed by atoms with Crippen LogP contribution in [0.25, 0.3) is 22.5 Å². The van der Waals surface area contributed by atoms with E-state index in [2.05, 4.69) is 51.9 Å². The lowest BCUT2D eigenvalue weighted by atomic mass is 10.1. The highest BCUT2D eigenvalue weighted by Gasteiger charge is 2.36. The molecule has 0 unspecified atom stereocenters. The third-order valence-electron chi connectivity index (χ3n) is 5.74. The summed E-state index contributed by atoms with van der Waals surface area (Å²) in [5.41, 5.74) is 4.30. The Bertz CT molecular complexity index is 1390. The van der Waals surface area contributed by atoms with E-state index in [0.717, 1.165) is 33.1 Å². The second kappa shape index (κ2) is 7.60. The first-order chi connectivity index (χ1) is 15.3. The number of rotatable bonds is 3. The lowest BCUT2D eigenvalue weighted by Crippen LogP contribution is -2.35. The van der Waals surface area contributed by atoms with Crippen LogP contribution in [0.2, 0.25) is 0 Å². The number of aromatic nitrogens is 1. The summed E-state index contributed by atoms with van der Waals surface area (Å²) in [4.78, 5) is 17.0. The van der Waals surface area contributed by atoms with Crippen molar-refractivity contribution < 1.29 is 4.79 Å². The van der Waals surface area contributed by atoms with Gasteiger partial charge in [0, 0.05) is 22.7 Å². The summed E-state index contributed by atoms with van der Waals surface area (Å²) in [6, 6.07) is 16.6. The van der Waals surface area contributed by atoms with Crippen molar-refractivity contribution in [1.82, 2.24) is 9.58 Å². The smallest absolute Gasteiger partial charge is 0.283 e. The molecule has 7 heteroatoms. The number of carbonyl (C=O) groups is 1. The van der Waals surface area contributed by atoms with Crippen molar-refractivity contribution in [2.24, 2.45) is 16.0 Å². The van der Waals surface area contributed by atoms with Gasteiger partial charge in [0.25, 0.3) is 5.91 Å². The molecule has 0 spiro atoms. The molecule has 3 aromatic rings. The van der Waals surface area contributed by atoms with Crippen LogP contribution in [0.5, 0.6) is 0 Å². The Morgan fingerprint density at radius 1 is 1.09 bits per heavy atom.